The highest BCUT2D eigenvalue weighted by atomic mass is 35.5. The molecule has 0 amide bonds. The number of carboxylic acids is 1. The Bertz CT molecular complexity index is 311. The topological polar surface area (TPSA) is 49.4 Å². The van der Waals surface area contributed by atoms with Gasteiger partial charge in [0.25, 0.3) is 0 Å². The van der Waals surface area contributed by atoms with Gasteiger partial charge in [-0.1, -0.05) is 23.7 Å². The van der Waals surface area contributed by atoms with Gasteiger partial charge in [0.15, 0.2) is 0 Å². The molecule has 0 radical (unpaired) electrons. The van der Waals surface area contributed by atoms with Gasteiger partial charge in [-0.05, 0) is 19.1 Å². The van der Waals surface area contributed by atoms with Crippen LogP contribution in [0.5, 0.6) is 5.75 Å². The van der Waals surface area contributed by atoms with E-state index in [1.54, 1.807) is 24.3 Å². The maximum atomic E-state index is 10.3. The van der Waals surface area contributed by atoms with Crippen molar-refractivity contribution in [3.05, 3.63) is 29.3 Å². The van der Waals surface area contributed by atoms with Crippen LogP contribution >= 0.6 is 11.6 Å². The lowest BCUT2D eigenvalue weighted by atomic mass is 10.3. The molecule has 3 nitrogen and oxygen atoms in total. The molecule has 1 aromatic rings. The van der Waals surface area contributed by atoms with Gasteiger partial charge >= 0.3 is 0 Å². The van der Waals surface area contributed by atoms with Crippen LogP contribution in [-0.4, -0.2) is 12.1 Å². The smallest absolute Gasteiger partial charge is 0.138 e. The summed E-state index contributed by atoms with van der Waals surface area (Å²) >= 11 is 5.73. The average molecular weight is 200 g/mol. The number of benzene rings is 1. The molecule has 1 rings (SSSR count). The quantitative estimate of drug-likeness (QED) is 0.726. The molecular formula is C9H8ClO3-. The minimum absolute atomic E-state index is 0.348. The van der Waals surface area contributed by atoms with Gasteiger partial charge in [0.1, 0.15) is 11.9 Å². The molecule has 0 N–H and O–H groups in total. The normalized spacial score (nSPS) is 12.2. The first-order valence-electron chi connectivity index (χ1n) is 3.73. The van der Waals surface area contributed by atoms with Gasteiger partial charge in [-0.3, -0.25) is 0 Å². The van der Waals surface area contributed by atoms with E-state index in [4.69, 9.17) is 16.3 Å². The zero-order chi connectivity index (χ0) is 9.84. The second-order valence-electron chi connectivity index (χ2n) is 2.51. The lowest BCUT2D eigenvalue weighted by Crippen LogP contribution is -2.37. The summed E-state index contributed by atoms with van der Waals surface area (Å²) in [5.74, 6) is -0.916. The van der Waals surface area contributed by atoms with Crippen molar-refractivity contribution in [3.8, 4) is 5.75 Å². The number of halogens is 1. The monoisotopic (exact) mass is 199 g/mol. The van der Waals surface area contributed by atoms with Gasteiger partial charge in [-0.2, -0.15) is 0 Å². The lowest BCUT2D eigenvalue weighted by molar-refractivity contribution is -0.312. The Balaban J connectivity index is 2.74. The largest absolute Gasteiger partial charge is 0.546 e. The minimum Gasteiger partial charge on any atom is -0.546 e. The van der Waals surface area contributed by atoms with Crippen molar-refractivity contribution >= 4 is 17.6 Å². The molecule has 0 aliphatic heterocycles. The number of carboxylic acid groups (broad SMARTS) is 1. The molecule has 0 aromatic heterocycles. The fourth-order valence-electron chi connectivity index (χ4n) is 0.779. The number of hydrogen-bond donors (Lipinski definition) is 0. The zero-order valence-corrected chi connectivity index (χ0v) is 7.75. The van der Waals surface area contributed by atoms with E-state index >= 15 is 0 Å². The van der Waals surface area contributed by atoms with Crippen LogP contribution in [0, 0.1) is 0 Å². The number of hydrogen-bond acceptors (Lipinski definition) is 3. The van der Waals surface area contributed by atoms with Crippen LogP contribution in [0.4, 0.5) is 0 Å². The maximum Gasteiger partial charge on any atom is 0.138 e. The summed E-state index contributed by atoms with van der Waals surface area (Å²) in [6.45, 7) is 1.39. The van der Waals surface area contributed by atoms with Crippen LogP contribution in [0.3, 0.4) is 0 Å². The summed E-state index contributed by atoms with van der Waals surface area (Å²) in [6.07, 6.45) is -1.00. The van der Waals surface area contributed by atoms with Crippen molar-refractivity contribution in [1.29, 1.82) is 0 Å². The summed E-state index contributed by atoms with van der Waals surface area (Å²) in [7, 11) is 0. The molecule has 0 fully saturated rings. The Morgan fingerprint density at radius 3 is 2.69 bits per heavy atom. The van der Waals surface area contributed by atoms with Crippen molar-refractivity contribution < 1.29 is 14.6 Å². The van der Waals surface area contributed by atoms with E-state index in [2.05, 4.69) is 0 Å². The Morgan fingerprint density at radius 1 is 1.54 bits per heavy atom. The molecule has 0 aliphatic rings. The van der Waals surface area contributed by atoms with Crippen molar-refractivity contribution in [2.75, 3.05) is 0 Å². The van der Waals surface area contributed by atoms with Crippen molar-refractivity contribution in [2.45, 2.75) is 13.0 Å². The lowest BCUT2D eigenvalue weighted by Gasteiger charge is -2.15. The Kier molecular flexibility index (Phi) is 3.14. The van der Waals surface area contributed by atoms with Crippen LogP contribution in [0.25, 0.3) is 0 Å². The highest BCUT2D eigenvalue weighted by Gasteiger charge is 2.06. The molecule has 0 saturated carbocycles. The Labute approximate surface area is 80.9 Å². The second kappa shape index (κ2) is 4.14. The van der Waals surface area contributed by atoms with Crippen molar-refractivity contribution in [2.24, 2.45) is 0 Å². The molecular weight excluding hydrogens is 192 g/mol. The van der Waals surface area contributed by atoms with Crippen LogP contribution in [0.1, 0.15) is 6.92 Å². The molecule has 0 unspecified atom stereocenters. The molecule has 1 aromatic carbocycles. The summed E-state index contributed by atoms with van der Waals surface area (Å²) in [5.41, 5.74) is 0. The molecule has 70 valence electrons. The fourth-order valence-corrected chi connectivity index (χ4v) is 0.959. The standard InChI is InChI=1S/C9H9ClO3/c1-6(9(11)12)13-8-5-3-2-4-7(8)10/h2-6H,1H3,(H,11,12)/p-1/t6-/m0/s1. The van der Waals surface area contributed by atoms with Gasteiger partial charge < -0.3 is 14.6 Å². The molecule has 0 saturated heterocycles. The Morgan fingerprint density at radius 2 is 2.15 bits per heavy atom. The van der Waals surface area contributed by atoms with E-state index in [1.165, 1.54) is 6.92 Å². The van der Waals surface area contributed by atoms with E-state index in [9.17, 15) is 9.90 Å². The van der Waals surface area contributed by atoms with E-state index in [0.717, 1.165) is 0 Å². The molecule has 0 aliphatic carbocycles. The minimum atomic E-state index is -1.26. The van der Waals surface area contributed by atoms with Gasteiger partial charge in [-0.15, -0.1) is 0 Å². The molecule has 0 bridgehead atoms. The van der Waals surface area contributed by atoms with Gasteiger partial charge in [-0.25, -0.2) is 0 Å². The summed E-state index contributed by atoms with van der Waals surface area (Å²) in [4.78, 5) is 10.3. The fraction of sp³-hybridized carbons (Fsp3) is 0.222. The second-order valence-corrected chi connectivity index (χ2v) is 2.92. The first-order valence-corrected chi connectivity index (χ1v) is 4.11. The van der Waals surface area contributed by atoms with Crippen LogP contribution in [0.15, 0.2) is 24.3 Å². The summed E-state index contributed by atoms with van der Waals surface area (Å²) < 4.78 is 5.01. The number of rotatable bonds is 3. The van der Waals surface area contributed by atoms with E-state index < -0.39 is 12.1 Å². The Hall–Kier alpha value is -1.22. The SMILES string of the molecule is C[C@H](Oc1ccccc1Cl)C(=O)[O-]. The molecule has 1 atom stereocenters. The number of carbonyl (C=O) groups is 1. The number of para-hydroxylation sites is 1. The number of carbonyl (C=O) groups excluding carboxylic acids is 1. The third-order valence-corrected chi connectivity index (χ3v) is 1.78. The first-order chi connectivity index (χ1) is 6.11. The van der Waals surface area contributed by atoms with Gasteiger partial charge in [0, 0.05) is 0 Å². The predicted molar refractivity (Wildman–Crippen MR) is 46.5 cm³/mol. The third kappa shape index (κ3) is 2.63. The number of aliphatic carboxylic acids is 1. The summed E-state index contributed by atoms with van der Waals surface area (Å²) in [5, 5.41) is 10.7. The van der Waals surface area contributed by atoms with Crippen LogP contribution in [-0.2, 0) is 4.79 Å². The molecule has 4 heteroatoms. The molecule has 0 spiro atoms. The maximum absolute atomic E-state index is 10.3. The van der Waals surface area contributed by atoms with Crippen molar-refractivity contribution in [3.63, 3.8) is 0 Å². The summed E-state index contributed by atoms with van der Waals surface area (Å²) in [6, 6.07) is 6.67. The van der Waals surface area contributed by atoms with Crippen LogP contribution < -0.4 is 9.84 Å². The van der Waals surface area contributed by atoms with Gasteiger partial charge in [0.2, 0.25) is 0 Å². The van der Waals surface area contributed by atoms with E-state index in [0.29, 0.717) is 10.8 Å². The van der Waals surface area contributed by atoms with E-state index in [1.807, 2.05) is 0 Å². The van der Waals surface area contributed by atoms with Crippen LogP contribution in [0.2, 0.25) is 5.02 Å². The third-order valence-electron chi connectivity index (χ3n) is 1.47. The average Bonchev–Trinajstić information content (AvgIpc) is 2.08. The zero-order valence-electron chi connectivity index (χ0n) is 6.99. The van der Waals surface area contributed by atoms with Crippen molar-refractivity contribution in [1.82, 2.24) is 0 Å². The predicted octanol–water partition coefficient (Wildman–Crippen LogP) is 0.857. The molecule has 0 heterocycles. The van der Waals surface area contributed by atoms with E-state index in [-0.39, 0.29) is 0 Å². The number of ether oxygens (including phenoxy) is 1. The highest BCUT2D eigenvalue weighted by Crippen LogP contribution is 2.23. The highest BCUT2D eigenvalue weighted by molar-refractivity contribution is 6.32. The van der Waals surface area contributed by atoms with Gasteiger partial charge in [0.05, 0.1) is 11.0 Å². The first kappa shape index (κ1) is 9.86. The molecule has 13 heavy (non-hydrogen) atoms.